The highest BCUT2D eigenvalue weighted by Crippen LogP contribution is 2.40. The van der Waals surface area contributed by atoms with Crippen LogP contribution in [0.15, 0.2) is 36.5 Å². The van der Waals surface area contributed by atoms with Crippen molar-refractivity contribution in [3.63, 3.8) is 0 Å². The summed E-state index contributed by atoms with van der Waals surface area (Å²) in [6.07, 6.45) is 4.11. The summed E-state index contributed by atoms with van der Waals surface area (Å²) >= 11 is 5.88. The fraction of sp³-hybridized carbons (Fsp3) is 0.435. The van der Waals surface area contributed by atoms with Crippen LogP contribution in [0.5, 0.6) is 17.6 Å². The van der Waals surface area contributed by atoms with Crippen molar-refractivity contribution in [1.29, 1.82) is 0 Å². The molecule has 8 nitrogen and oxygen atoms in total. The minimum Gasteiger partial charge on any atom is -0.481 e. The number of nitrogens with one attached hydrogen (secondary N) is 1. The molecule has 0 unspecified atom stereocenters. The van der Waals surface area contributed by atoms with Gasteiger partial charge in [-0.05, 0) is 49.8 Å². The number of methoxy groups -OCH3 is 1. The van der Waals surface area contributed by atoms with E-state index in [1.165, 1.54) is 18.2 Å². The van der Waals surface area contributed by atoms with Crippen LogP contribution < -0.4 is 19.7 Å². The summed E-state index contributed by atoms with van der Waals surface area (Å²) in [6, 6.07) is 8.89. The zero-order valence-electron chi connectivity index (χ0n) is 18.5. The normalized spacial score (nSPS) is 21.8. The quantitative estimate of drug-likeness (QED) is 0.537. The maximum absolute atomic E-state index is 13.5. The Morgan fingerprint density at radius 2 is 1.97 bits per heavy atom. The molecule has 174 valence electrons. The van der Waals surface area contributed by atoms with E-state index in [1.54, 1.807) is 18.0 Å². The van der Waals surface area contributed by atoms with Gasteiger partial charge in [-0.2, -0.15) is 4.98 Å². The number of benzene rings is 1. The van der Waals surface area contributed by atoms with Crippen molar-refractivity contribution in [1.82, 2.24) is 19.7 Å². The van der Waals surface area contributed by atoms with Crippen LogP contribution >= 0.6 is 11.6 Å². The first-order valence-electron chi connectivity index (χ1n) is 11.1. The van der Waals surface area contributed by atoms with E-state index in [-0.39, 0.29) is 5.02 Å². The van der Waals surface area contributed by atoms with Crippen LogP contribution in [0, 0.1) is 17.7 Å². The summed E-state index contributed by atoms with van der Waals surface area (Å²) in [6.45, 7) is 4.46. The third kappa shape index (κ3) is 4.42. The molecule has 0 amide bonds. The highest BCUT2D eigenvalue weighted by molar-refractivity contribution is 6.30. The molecule has 3 heterocycles. The molecular formula is C23H26ClFN6O2. The Bertz CT molecular complexity index is 1130. The minimum absolute atomic E-state index is 0.00330. The molecule has 2 fully saturated rings. The number of pyridine rings is 1. The molecule has 5 rings (SSSR count). The molecule has 1 N–H and O–H groups in total. The number of nitrogens with zero attached hydrogens (tertiary/aromatic N) is 5. The SMILES string of the molecule is CCn1nc(N[C@@H]2[C@@H]3CC[C@H]2CN(c2ccnc(OC)c2)C3)nc1Oc1ccc(F)c(Cl)c1. The highest BCUT2D eigenvalue weighted by Gasteiger charge is 2.42. The Kier molecular flexibility index (Phi) is 5.97. The average molecular weight is 473 g/mol. The molecule has 3 atom stereocenters. The van der Waals surface area contributed by atoms with Gasteiger partial charge in [-0.25, -0.2) is 14.1 Å². The topological polar surface area (TPSA) is 77.3 Å². The number of hydrogen-bond acceptors (Lipinski definition) is 7. The lowest BCUT2D eigenvalue weighted by Gasteiger charge is -2.39. The Morgan fingerprint density at radius 3 is 2.67 bits per heavy atom. The van der Waals surface area contributed by atoms with Crippen molar-refractivity contribution in [2.75, 3.05) is 30.4 Å². The summed E-state index contributed by atoms with van der Waals surface area (Å²) < 4.78 is 26.3. The van der Waals surface area contributed by atoms with Crippen LogP contribution in [-0.4, -0.2) is 46.0 Å². The lowest BCUT2D eigenvalue weighted by atomic mass is 9.92. The Balaban J connectivity index is 1.29. The zero-order chi connectivity index (χ0) is 22.9. The Hall–Kier alpha value is -3.07. The molecule has 2 aliphatic rings. The molecule has 33 heavy (non-hydrogen) atoms. The van der Waals surface area contributed by atoms with Crippen molar-refractivity contribution in [2.24, 2.45) is 11.8 Å². The van der Waals surface area contributed by atoms with Gasteiger partial charge >= 0.3 is 6.01 Å². The molecular weight excluding hydrogens is 447 g/mol. The first-order chi connectivity index (χ1) is 16.0. The van der Waals surface area contributed by atoms with E-state index in [2.05, 4.69) is 25.3 Å². The van der Waals surface area contributed by atoms with Gasteiger partial charge in [0.1, 0.15) is 11.6 Å². The van der Waals surface area contributed by atoms with Crippen LogP contribution in [0.1, 0.15) is 19.8 Å². The summed E-state index contributed by atoms with van der Waals surface area (Å²) in [7, 11) is 1.64. The number of aromatic nitrogens is 4. The Morgan fingerprint density at radius 1 is 1.18 bits per heavy atom. The first kappa shape index (κ1) is 21.8. The summed E-state index contributed by atoms with van der Waals surface area (Å²) in [5, 5.41) is 8.15. The smallest absolute Gasteiger partial charge is 0.322 e. The van der Waals surface area contributed by atoms with Gasteiger partial charge in [-0.15, -0.1) is 5.10 Å². The van der Waals surface area contributed by atoms with Crippen molar-refractivity contribution >= 4 is 23.2 Å². The lowest BCUT2D eigenvalue weighted by Crippen LogP contribution is -2.48. The number of hydrogen-bond donors (Lipinski definition) is 1. The van der Waals surface area contributed by atoms with Crippen LogP contribution in [0.2, 0.25) is 5.02 Å². The standard InChI is InChI=1S/C23H26ClFN6O2/c1-3-31-23(33-17-6-7-19(25)18(24)11-17)28-22(29-31)27-21-14-4-5-15(21)13-30(12-14)16-8-9-26-20(10-16)32-2/h6-11,14-15,21H,3-5,12-13H2,1-2H3,(H,27,29)/t14-,15+,21-. The van der Waals surface area contributed by atoms with Gasteiger partial charge in [0.25, 0.3) is 0 Å². The average Bonchev–Trinajstić information content (AvgIpc) is 3.31. The van der Waals surface area contributed by atoms with Crippen molar-refractivity contribution < 1.29 is 13.9 Å². The number of anilines is 2. The molecule has 1 saturated carbocycles. The van der Waals surface area contributed by atoms with E-state index in [1.807, 2.05) is 19.1 Å². The van der Waals surface area contributed by atoms with E-state index in [0.29, 0.717) is 48.0 Å². The van der Waals surface area contributed by atoms with Gasteiger partial charge in [-0.3, -0.25) is 0 Å². The summed E-state index contributed by atoms with van der Waals surface area (Å²) in [4.78, 5) is 11.2. The maximum Gasteiger partial charge on any atom is 0.322 e. The second kappa shape index (κ2) is 9.05. The zero-order valence-corrected chi connectivity index (χ0v) is 19.3. The Labute approximate surface area is 196 Å². The van der Waals surface area contributed by atoms with Crippen LogP contribution in [-0.2, 0) is 6.54 Å². The van der Waals surface area contributed by atoms with Gasteiger partial charge < -0.3 is 19.7 Å². The third-order valence-corrected chi connectivity index (χ3v) is 6.75. The molecule has 1 aliphatic carbocycles. The number of halogens is 2. The number of aryl methyl sites for hydroxylation is 1. The van der Waals surface area contributed by atoms with Crippen LogP contribution in [0.25, 0.3) is 0 Å². The largest absolute Gasteiger partial charge is 0.481 e. The fourth-order valence-corrected chi connectivity index (χ4v) is 5.01. The van der Waals surface area contributed by atoms with Crippen LogP contribution in [0.4, 0.5) is 16.0 Å². The summed E-state index contributed by atoms with van der Waals surface area (Å²) in [5.41, 5.74) is 1.14. The molecule has 0 radical (unpaired) electrons. The van der Waals surface area contributed by atoms with Gasteiger partial charge in [0.05, 0.1) is 12.1 Å². The van der Waals surface area contributed by atoms with E-state index in [9.17, 15) is 4.39 Å². The fourth-order valence-electron chi connectivity index (χ4n) is 4.84. The number of rotatable bonds is 7. The van der Waals surface area contributed by atoms with E-state index < -0.39 is 5.82 Å². The molecule has 2 aromatic heterocycles. The first-order valence-corrected chi connectivity index (χ1v) is 11.5. The summed E-state index contributed by atoms with van der Waals surface area (Å²) in [5.74, 6) is 2.06. The van der Waals surface area contributed by atoms with Crippen molar-refractivity contribution in [3.8, 4) is 17.6 Å². The lowest BCUT2D eigenvalue weighted by molar-refractivity contribution is 0.374. The molecule has 1 aromatic carbocycles. The predicted molar refractivity (Wildman–Crippen MR) is 124 cm³/mol. The number of fused-ring (bicyclic) bond motifs is 2. The van der Waals surface area contributed by atoms with Gasteiger partial charge in [0.15, 0.2) is 0 Å². The molecule has 3 aromatic rings. The monoisotopic (exact) mass is 472 g/mol. The van der Waals surface area contributed by atoms with E-state index >= 15 is 0 Å². The molecule has 2 bridgehead atoms. The number of ether oxygens (including phenoxy) is 2. The minimum atomic E-state index is -0.490. The van der Waals surface area contributed by atoms with E-state index in [4.69, 9.17) is 21.1 Å². The molecule has 1 saturated heterocycles. The second-order valence-corrected chi connectivity index (χ2v) is 8.85. The third-order valence-electron chi connectivity index (χ3n) is 6.46. The van der Waals surface area contributed by atoms with Crippen molar-refractivity contribution in [3.05, 3.63) is 47.4 Å². The molecule has 1 aliphatic heterocycles. The van der Waals surface area contributed by atoms with Gasteiger partial charge in [0, 0.05) is 49.7 Å². The van der Waals surface area contributed by atoms with Gasteiger partial charge in [-0.1, -0.05) is 11.6 Å². The maximum atomic E-state index is 13.5. The highest BCUT2D eigenvalue weighted by atomic mass is 35.5. The molecule has 10 heteroatoms. The van der Waals surface area contributed by atoms with Gasteiger partial charge in [0.2, 0.25) is 11.8 Å². The molecule has 0 spiro atoms. The predicted octanol–water partition coefficient (Wildman–Crippen LogP) is 4.61. The second-order valence-electron chi connectivity index (χ2n) is 8.44. The number of piperidine rings is 1. The van der Waals surface area contributed by atoms with E-state index in [0.717, 1.165) is 31.6 Å². The van der Waals surface area contributed by atoms with Crippen molar-refractivity contribution in [2.45, 2.75) is 32.4 Å². The van der Waals surface area contributed by atoms with Crippen LogP contribution in [0.3, 0.4) is 0 Å².